The summed E-state index contributed by atoms with van der Waals surface area (Å²) in [4.78, 5) is 26.7. The number of sulfone groups is 1. The molecule has 156 valence electrons. The van der Waals surface area contributed by atoms with Crippen molar-refractivity contribution in [2.75, 3.05) is 18.4 Å². The van der Waals surface area contributed by atoms with Gasteiger partial charge >= 0.3 is 0 Å². The van der Waals surface area contributed by atoms with Gasteiger partial charge in [0.15, 0.2) is 9.84 Å². The molecule has 1 N–H and O–H groups in total. The molecule has 0 unspecified atom stereocenters. The molecule has 0 bridgehead atoms. The fraction of sp³-hybridized carbons (Fsp3) is 0.300. The van der Waals surface area contributed by atoms with Gasteiger partial charge in [-0.3, -0.25) is 9.59 Å². The Hall–Kier alpha value is -2.09. The van der Waals surface area contributed by atoms with E-state index in [1.165, 1.54) is 17.0 Å². The van der Waals surface area contributed by atoms with E-state index in [0.29, 0.717) is 0 Å². The Morgan fingerprint density at radius 1 is 1.03 bits per heavy atom. The van der Waals surface area contributed by atoms with Crippen LogP contribution in [0, 0.1) is 0 Å². The zero-order valence-electron chi connectivity index (χ0n) is 16.3. The summed E-state index contributed by atoms with van der Waals surface area (Å²) in [6, 6.07) is 10.8. The average Bonchev–Trinajstić information content (AvgIpc) is 2.68. The highest BCUT2D eigenvalue weighted by Crippen LogP contribution is 2.29. The highest BCUT2D eigenvalue weighted by Gasteiger charge is 2.28. The quantitative estimate of drug-likeness (QED) is 0.673. The van der Waals surface area contributed by atoms with Gasteiger partial charge in [-0.05, 0) is 45.0 Å². The lowest BCUT2D eigenvalue weighted by molar-refractivity contribution is -0.116. The molecule has 0 radical (unpaired) electrons. The second kappa shape index (κ2) is 9.61. The van der Waals surface area contributed by atoms with E-state index in [0.717, 1.165) is 0 Å². The molecule has 0 aliphatic carbocycles. The zero-order valence-corrected chi connectivity index (χ0v) is 18.6. The molecule has 0 aliphatic rings. The third kappa shape index (κ3) is 5.29. The van der Waals surface area contributed by atoms with E-state index in [9.17, 15) is 18.0 Å². The molecule has 0 fully saturated rings. The van der Waals surface area contributed by atoms with Crippen LogP contribution in [0.5, 0.6) is 0 Å². The van der Waals surface area contributed by atoms with E-state index in [1.54, 1.807) is 51.1 Å². The van der Waals surface area contributed by atoms with Crippen LogP contribution in [0.25, 0.3) is 0 Å². The second-order valence-corrected chi connectivity index (χ2v) is 9.84. The van der Waals surface area contributed by atoms with Gasteiger partial charge in [-0.25, -0.2) is 8.42 Å². The lowest BCUT2D eigenvalue weighted by Crippen LogP contribution is -2.38. The minimum absolute atomic E-state index is 0.0339. The zero-order chi connectivity index (χ0) is 21.8. The van der Waals surface area contributed by atoms with E-state index in [2.05, 4.69) is 5.32 Å². The minimum atomic E-state index is -3.67. The van der Waals surface area contributed by atoms with Crippen LogP contribution in [0.4, 0.5) is 5.69 Å². The number of hydrogen-bond donors (Lipinski definition) is 1. The van der Waals surface area contributed by atoms with Crippen LogP contribution in [0.15, 0.2) is 47.4 Å². The van der Waals surface area contributed by atoms with Crippen LogP contribution < -0.4 is 5.32 Å². The normalized spacial score (nSPS) is 11.4. The summed E-state index contributed by atoms with van der Waals surface area (Å²) in [5, 5.41) is 2.46. The molecule has 29 heavy (non-hydrogen) atoms. The van der Waals surface area contributed by atoms with E-state index in [-0.39, 0.29) is 39.3 Å². The van der Waals surface area contributed by atoms with Crippen molar-refractivity contribution in [3.8, 4) is 0 Å². The highest BCUT2D eigenvalue weighted by atomic mass is 35.5. The Kier molecular flexibility index (Phi) is 7.68. The Morgan fingerprint density at radius 3 is 2.17 bits per heavy atom. The monoisotopic (exact) mass is 456 g/mol. The molecule has 0 heterocycles. The fourth-order valence-corrected chi connectivity index (χ4v) is 4.34. The number of likely N-dealkylation sites (N-methyl/N-ethyl adjacent to an activating group) is 1. The van der Waals surface area contributed by atoms with Gasteiger partial charge < -0.3 is 10.2 Å². The molecular formula is C20H22Cl2N2O4S. The number of hydrogen-bond acceptors (Lipinski definition) is 4. The van der Waals surface area contributed by atoms with Gasteiger partial charge in [-0.2, -0.15) is 0 Å². The molecule has 6 nitrogen and oxygen atoms in total. The van der Waals surface area contributed by atoms with Gasteiger partial charge in [-0.1, -0.05) is 41.4 Å². The Bertz CT molecular complexity index is 1000. The third-order valence-electron chi connectivity index (χ3n) is 4.28. The van der Waals surface area contributed by atoms with Gasteiger partial charge in [0.2, 0.25) is 5.91 Å². The molecule has 0 atom stereocenters. The van der Waals surface area contributed by atoms with Crippen molar-refractivity contribution < 1.29 is 18.0 Å². The van der Waals surface area contributed by atoms with Gasteiger partial charge in [0.25, 0.3) is 5.91 Å². The molecule has 0 spiro atoms. The first-order chi connectivity index (χ1) is 13.6. The van der Waals surface area contributed by atoms with Crippen LogP contribution in [0.1, 0.15) is 31.1 Å². The third-order valence-corrected chi connectivity index (χ3v) is 7.12. The SMILES string of the molecule is CCN(CC(=O)Nc1c(Cl)cccc1Cl)C(=O)c1ccccc1S(=O)(=O)C(C)C. The van der Waals surface area contributed by atoms with Crippen molar-refractivity contribution in [1.29, 1.82) is 0 Å². The van der Waals surface area contributed by atoms with Gasteiger partial charge in [0.05, 0.1) is 31.4 Å². The van der Waals surface area contributed by atoms with Crippen molar-refractivity contribution in [2.45, 2.75) is 30.9 Å². The highest BCUT2D eigenvalue weighted by molar-refractivity contribution is 7.92. The second-order valence-electron chi connectivity index (χ2n) is 6.55. The lowest BCUT2D eigenvalue weighted by atomic mass is 10.2. The van der Waals surface area contributed by atoms with Crippen LogP contribution >= 0.6 is 23.2 Å². The molecule has 2 rings (SSSR count). The van der Waals surface area contributed by atoms with Crippen LogP contribution in [-0.2, 0) is 14.6 Å². The maximum atomic E-state index is 13.0. The first kappa shape index (κ1) is 23.2. The molecule has 2 aromatic carbocycles. The summed E-state index contributed by atoms with van der Waals surface area (Å²) in [6.07, 6.45) is 0. The molecule has 0 saturated carbocycles. The number of anilines is 1. The number of halogens is 2. The molecule has 9 heteroatoms. The molecule has 2 aromatic rings. The van der Waals surface area contributed by atoms with E-state index in [4.69, 9.17) is 23.2 Å². The first-order valence-electron chi connectivity index (χ1n) is 8.95. The van der Waals surface area contributed by atoms with Crippen LogP contribution in [0.2, 0.25) is 10.0 Å². The first-order valence-corrected chi connectivity index (χ1v) is 11.3. The van der Waals surface area contributed by atoms with Crippen LogP contribution in [-0.4, -0.2) is 43.5 Å². The van der Waals surface area contributed by atoms with E-state index < -0.39 is 26.9 Å². The number of nitrogens with one attached hydrogen (secondary N) is 1. The van der Waals surface area contributed by atoms with E-state index >= 15 is 0 Å². The van der Waals surface area contributed by atoms with Crippen molar-refractivity contribution >= 4 is 50.5 Å². The number of rotatable bonds is 7. The lowest BCUT2D eigenvalue weighted by Gasteiger charge is -2.22. The topological polar surface area (TPSA) is 83.6 Å². The molecular weight excluding hydrogens is 435 g/mol. The number of benzene rings is 2. The maximum Gasteiger partial charge on any atom is 0.255 e. The number of para-hydroxylation sites is 1. The Morgan fingerprint density at radius 2 is 1.62 bits per heavy atom. The smallest absolute Gasteiger partial charge is 0.255 e. The number of amides is 2. The standard InChI is InChI=1S/C20H22Cl2N2O4S/c1-4-24(12-18(25)23-19-15(21)9-7-10-16(19)22)20(26)14-8-5-6-11-17(14)29(27,28)13(2)3/h5-11,13H,4,12H2,1-3H3,(H,23,25). The molecule has 0 aliphatic heterocycles. The summed E-state index contributed by atoms with van der Waals surface area (Å²) < 4.78 is 25.3. The van der Waals surface area contributed by atoms with Crippen molar-refractivity contribution in [3.05, 3.63) is 58.1 Å². The minimum Gasteiger partial charge on any atom is -0.330 e. The summed E-state index contributed by atoms with van der Waals surface area (Å²) in [7, 11) is -3.67. The molecule has 0 aromatic heterocycles. The number of carbonyl (C=O) groups is 2. The maximum absolute atomic E-state index is 13.0. The molecule has 0 saturated heterocycles. The van der Waals surface area contributed by atoms with Crippen molar-refractivity contribution in [1.82, 2.24) is 4.90 Å². The largest absolute Gasteiger partial charge is 0.330 e. The predicted octanol–water partition coefficient (Wildman–Crippen LogP) is 4.28. The summed E-state index contributed by atoms with van der Waals surface area (Å²) in [6.45, 7) is 4.72. The fourth-order valence-electron chi connectivity index (χ4n) is 2.61. The van der Waals surface area contributed by atoms with Gasteiger partial charge in [0.1, 0.15) is 6.54 Å². The predicted molar refractivity (Wildman–Crippen MR) is 115 cm³/mol. The van der Waals surface area contributed by atoms with E-state index in [1.807, 2.05) is 0 Å². The average molecular weight is 457 g/mol. The van der Waals surface area contributed by atoms with Gasteiger partial charge in [-0.15, -0.1) is 0 Å². The van der Waals surface area contributed by atoms with Crippen molar-refractivity contribution in [2.24, 2.45) is 0 Å². The Balaban J connectivity index is 2.27. The summed E-state index contributed by atoms with van der Waals surface area (Å²) >= 11 is 12.1. The van der Waals surface area contributed by atoms with Crippen molar-refractivity contribution in [3.63, 3.8) is 0 Å². The number of nitrogens with zero attached hydrogens (tertiary/aromatic N) is 1. The van der Waals surface area contributed by atoms with Gasteiger partial charge in [0, 0.05) is 6.54 Å². The Labute approximate surface area is 180 Å². The van der Waals surface area contributed by atoms with Crippen LogP contribution in [0.3, 0.4) is 0 Å². The summed E-state index contributed by atoms with van der Waals surface area (Å²) in [5.74, 6) is -1.05. The number of carbonyl (C=O) groups excluding carboxylic acids is 2. The molecule has 2 amide bonds. The summed E-state index contributed by atoms with van der Waals surface area (Å²) in [5.41, 5.74) is 0.291.